The molecule has 0 bridgehead atoms. The zero-order valence-electron chi connectivity index (χ0n) is 30.7. The van der Waals surface area contributed by atoms with Crippen molar-refractivity contribution in [2.45, 2.75) is 27.7 Å². The molecule has 0 spiro atoms. The number of hydrogen-bond acceptors (Lipinski definition) is 4. The summed E-state index contributed by atoms with van der Waals surface area (Å²) in [7, 11) is 0. The molecule has 8 aromatic rings. The fourth-order valence-electron chi connectivity index (χ4n) is 7.87. The lowest BCUT2D eigenvalue weighted by molar-refractivity contribution is 0.475. The monoisotopic (exact) mass is 698 g/mol. The van der Waals surface area contributed by atoms with Crippen LogP contribution in [0.4, 0.5) is 34.1 Å². The lowest BCUT2D eigenvalue weighted by Gasteiger charge is -2.30. The number of anilines is 6. The second kappa shape index (κ2) is 12.4. The number of hydrogen-bond donors (Lipinski definition) is 0. The summed E-state index contributed by atoms with van der Waals surface area (Å²) < 4.78 is 13.6. The van der Waals surface area contributed by atoms with E-state index in [4.69, 9.17) is 9.47 Å². The molecule has 0 saturated carbocycles. The van der Waals surface area contributed by atoms with E-state index in [1.807, 2.05) is 0 Å². The third kappa shape index (κ3) is 5.30. The van der Waals surface area contributed by atoms with Gasteiger partial charge in [-0.3, -0.25) is 0 Å². The fourth-order valence-corrected chi connectivity index (χ4v) is 7.87. The molecule has 0 fully saturated rings. The maximum Gasteiger partial charge on any atom is 0.137 e. The van der Waals surface area contributed by atoms with Crippen LogP contribution in [-0.2, 0) is 0 Å². The summed E-state index contributed by atoms with van der Waals surface area (Å²) in [5.74, 6) is 3.34. The maximum absolute atomic E-state index is 6.79. The molecule has 0 aliphatic carbocycles. The average molecular weight is 699 g/mol. The van der Waals surface area contributed by atoms with E-state index in [0.29, 0.717) is 0 Å². The molecular weight excluding hydrogens is 661 g/mol. The number of ether oxygens (including phenoxy) is 2. The van der Waals surface area contributed by atoms with Gasteiger partial charge in [0.05, 0.1) is 0 Å². The Kier molecular flexibility index (Phi) is 7.34. The highest BCUT2D eigenvalue weighted by molar-refractivity contribution is 6.14. The third-order valence-electron chi connectivity index (χ3n) is 10.7. The lowest BCUT2D eigenvalue weighted by Crippen LogP contribution is -2.11. The predicted octanol–water partition coefficient (Wildman–Crippen LogP) is 14.6. The summed E-state index contributed by atoms with van der Waals surface area (Å²) in [5.41, 5.74) is 15.8. The zero-order chi connectivity index (χ0) is 36.5. The first kappa shape index (κ1) is 31.9. The topological polar surface area (TPSA) is 24.9 Å². The van der Waals surface area contributed by atoms with Crippen molar-refractivity contribution in [1.82, 2.24) is 0 Å². The standard InChI is InChI=1S/C50H38N2O2/c1-31-5-13-35(14-6-31)51(36-15-7-32(2)8-16-36)39-21-23-41-43-25-26-44-42-24-22-40(52(37-17-9-33(3)10-18-37)38-19-11-34(4)12-20-38)30-48(42)54-46-28-27-45(49(43)50(44)46)53-47(41)29-39/h5-30H,1-4H3. The van der Waals surface area contributed by atoms with Gasteiger partial charge in [-0.2, -0.15) is 0 Å². The molecule has 0 N–H and O–H groups in total. The Balaban J connectivity index is 1.06. The molecule has 10 rings (SSSR count). The molecule has 0 atom stereocenters. The van der Waals surface area contributed by atoms with Crippen molar-refractivity contribution in [2.24, 2.45) is 0 Å². The van der Waals surface area contributed by atoms with Gasteiger partial charge in [-0.25, -0.2) is 0 Å². The van der Waals surface area contributed by atoms with Crippen LogP contribution < -0.4 is 19.3 Å². The van der Waals surface area contributed by atoms with E-state index in [2.05, 4.69) is 195 Å². The Bertz CT molecular complexity index is 2450. The van der Waals surface area contributed by atoms with Gasteiger partial charge in [-0.1, -0.05) is 82.9 Å². The van der Waals surface area contributed by atoms with Crippen molar-refractivity contribution >= 4 is 44.9 Å². The zero-order valence-corrected chi connectivity index (χ0v) is 30.7. The summed E-state index contributed by atoms with van der Waals surface area (Å²) in [5, 5.41) is 2.16. The molecule has 2 heterocycles. The van der Waals surface area contributed by atoms with E-state index < -0.39 is 0 Å². The SMILES string of the molecule is Cc1ccc(N(c2ccc(C)cc2)c2ccc3c(c2)Oc2ccc4c5c(ccc-3c25)-c2ccc(N(c3ccc(C)cc3)c3ccc(C)cc3)cc2O4)cc1. The average Bonchev–Trinajstić information content (AvgIpc) is 3.19. The molecule has 0 aromatic heterocycles. The minimum absolute atomic E-state index is 0.834. The highest BCUT2D eigenvalue weighted by Gasteiger charge is 2.29. The molecule has 2 aliphatic rings. The summed E-state index contributed by atoms with van der Waals surface area (Å²) >= 11 is 0. The van der Waals surface area contributed by atoms with Gasteiger partial charge in [0.1, 0.15) is 23.0 Å². The minimum atomic E-state index is 0.834. The lowest BCUT2D eigenvalue weighted by atomic mass is 9.88. The van der Waals surface area contributed by atoms with Crippen LogP contribution in [0, 0.1) is 27.7 Å². The van der Waals surface area contributed by atoms with Crippen LogP contribution in [0.15, 0.2) is 158 Å². The Morgan fingerprint density at radius 1 is 0.278 bits per heavy atom. The van der Waals surface area contributed by atoms with E-state index in [1.165, 1.54) is 22.3 Å². The summed E-state index contributed by atoms with van der Waals surface area (Å²) in [6.45, 7) is 8.48. The second-order valence-corrected chi connectivity index (χ2v) is 14.6. The molecule has 0 amide bonds. The van der Waals surface area contributed by atoms with E-state index in [9.17, 15) is 0 Å². The Morgan fingerprint density at radius 2 is 0.556 bits per heavy atom. The molecule has 0 unspecified atom stereocenters. The quantitative estimate of drug-likeness (QED) is 0.173. The van der Waals surface area contributed by atoms with Crippen molar-refractivity contribution in [2.75, 3.05) is 9.80 Å². The van der Waals surface area contributed by atoms with Crippen LogP contribution >= 0.6 is 0 Å². The van der Waals surface area contributed by atoms with E-state index in [1.54, 1.807) is 0 Å². The van der Waals surface area contributed by atoms with Crippen LogP contribution in [0.5, 0.6) is 23.0 Å². The van der Waals surface area contributed by atoms with Gasteiger partial charge in [-0.05, 0) is 124 Å². The minimum Gasteiger partial charge on any atom is -0.456 e. The summed E-state index contributed by atoms with van der Waals surface area (Å²) in [6.07, 6.45) is 0. The highest BCUT2D eigenvalue weighted by Crippen LogP contribution is 2.56. The third-order valence-corrected chi connectivity index (χ3v) is 10.7. The Morgan fingerprint density at radius 3 is 0.870 bits per heavy atom. The molecule has 4 heteroatoms. The van der Waals surface area contributed by atoms with Crippen molar-refractivity contribution < 1.29 is 9.47 Å². The Labute approximate surface area is 316 Å². The highest BCUT2D eigenvalue weighted by atomic mass is 16.5. The first-order chi connectivity index (χ1) is 26.4. The first-order valence-corrected chi connectivity index (χ1v) is 18.5. The largest absolute Gasteiger partial charge is 0.456 e. The molecule has 260 valence electrons. The molecule has 8 aromatic carbocycles. The Hall–Kier alpha value is -6.78. The molecule has 0 saturated heterocycles. The van der Waals surface area contributed by atoms with Gasteiger partial charge in [0.15, 0.2) is 0 Å². The van der Waals surface area contributed by atoms with Gasteiger partial charge in [0.2, 0.25) is 0 Å². The molecular formula is C50H38N2O2. The van der Waals surface area contributed by atoms with Gasteiger partial charge in [0.25, 0.3) is 0 Å². The number of nitrogens with zero attached hydrogens (tertiary/aromatic N) is 2. The molecule has 4 nitrogen and oxygen atoms in total. The summed E-state index contributed by atoms with van der Waals surface area (Å²) in [6, 6.07) is 56.4. The summed E-state index contributed by atoms with van der Waals surface area (Å²) in [4.78, 5) is 4.58. The van der Waals surface area contributed by atoms with E-state index in [-0.39, 0.29) is 0 Å². The molecule has 54 heavy (non-hydrogen) atoms. The van der Waals surface area contributed by atoms with Gasteiger partial charge in [0, 0.05) is 68.2 Å². The smallest absolute Gasteiger partial charge is 0.137 e. The van der Waals surface area contributed by atoms with Crippen LogP contribution in [-0.4, -0.2) is 0 Å². The van der Waals surface area contributed by atoms with Gasteiger partial charge >= 0.3 is 0 Å². The van der Waals surface area contributed by atoms with Crippen LogP contribution in [0.3, 0.4) is 0 Å². The number of rotatable bonds is 6. The normalized spacial score (nSPS) is 12.0. The first-order valence-electron chi connectivity index (χ1n) is 18.5. The van der Waals surface area contributed by atoms with Gasteiger partial charge in [-0.15, -0.1) is 0 Å². The van der Waals surface area contributed by atoms with Crippen molar-refractivity contribution in [3.05, 3.63) is 180 Å². The van der Waals surface area contributed by atoms with Gasteiger partial charge < -0.3 is 19.3 Å². The van der Waals surface area contributed by atoms with Crippen molar-refractivity contribution in [1.29, 1.82) is 0 Å². The van der Waals surface area contributed by atoms with Crippen LogP contribution in [0.1, 0.15) is 22.3 Å². The molecule has 2 aliphatic heterocycles. The molecule has 0 radical (unpaired) electrons. The fraction of sp³-hybridized carbons (Fsp3) is 0.0800. The van der Waals surface area contributed by atoms with Crippen LogP contribution in [0.2, 0.25) is 0 Å². The second-order valence-electron chi connectivity index (χ2n) is 14.6. The maximum atomic E-state index is 6.79. The number of benzene rings is 8. The number of fused-ring (bicyclic) bond motifs is 4. The van der Waals surface area contributed by atoms with Crippen LogP contribution in [0.25, 0.3) is 33.0 Å². The predicted molar refractivity (Wildman–Crippen MR) is 223 cm³/mol. The van der Waals surface area contributed by atoms with Crippen molar-refractivity contribution in [3.63, 3.8) is 0 Å². The van der Waals surface area contributed by atoms with E-state index in [0.717, 1.165) is 90.1 Å². The number of aryl methyl sites for hydroxylation is 4. The van der Waals surface area contributed by atoms with E-state index >= 15 is 0 Å². The van der Waals surface area contributed by atoms with Crippen molar-refractivity contribution in [3.8, 4) is 45.3 Å².